The van der Waals surface area contributed by atoms with E-state index in [0.29, 0.717) is 0 Å². The molecule has 0 aliphatic carbocycles. The lowest BCUT2D eigenvalue weighted by atomic mass is 10.3. The number of imidazole rings is 1. The number of thioether (sulfide) groups is 1. The van der Waals surface area contributed by atoms with Crippen LogP contribution in [0.1, 0.15) is 11.5 Å². The molecule has 4 nitrogen and oxygen atoms in total. The number of furan rings is 1. The van der Waals surface area contributed by atoms with E-state index in [0.717, 1.165) is 40.0 Å². The van der Waals surface area contributed by atoms with Crippen LogP contribution in [-0.2, 0) is 12.3 Å². The first-order valence-corrected chi connectivity index (χ1v) is 7.13. The van der Waals surface area contributed by atoms with Crippen molar-refractivity contribution in [3.63, 3.8) is 0 Å². The van der Waals surface area contributed by atoms with Crippen molar-refractivity contribution in [2.24, 2.45) is 0 Å². The topological polar surface area (TPSA) is 53.9 Å². The molecule has 3 aromatic rings. The first kappa shape index (κ1) is 12.3. The second kappa shape index (κ2) is 5.50. The second-order valence-electron chi connectivity index (χ2n) is 4.25. The van der Waals surface area contributed by atoms with Gasteiger partial charge in [0.25, 0.3) is 0 Å². The van der Waals surface area contributed by atoms with E-state index in [1.54, 1.807) is 11.8 Å². The molecule has 2 heterocycles. The van der Waals surface area contributed by atoms with Gasteiger partial charge in [0.1, 0.15) is 11.5 Å². The summed E-state index contributed by atoms with van der Waals surface area (Å²) in [5, 5.41) is 3.99. The van der Waals surface area contributed by atoms with Crippen LogP contribution in [0, 0.1) is 0 Å². The number of fused-ring (bicyclic) bond motifs is 1. The van der Waals surface area contributed by atoms with Crippen molar-refractivity contribution in [1.82, 2.24) is 15.3 Å². The Bertz CT molecular complexity index is 641. The summed E-state index contributed by atoms with van der Waals surface area (Å²) < 4.78 is 5.69. The fourth-order valence-corrected chi connectivity index (χ4v) is 2.69. The van der Waals surface area contributed by atoms with Crippen molar-refractivity contribution in [3.8, 4) is 0 Å². The molecule has 2 aromatic heterocycles. The highest BCUT2D eigenvalue weighted by Crippen LogP contribution is 2.23. The maximum atomic E-state index is 5.69. The van der Waals surface area contributed by atoms with Crippen molar-refractivity contribution in [2.75, 3.05) is 7.05 Å². The van der Waals surface area contributed by atoms with Crippen molar-refractivity contribution < 1.29 is 4.42 Å². The molecule has 3 rings (SSSR count). The van der Waals surface area contributed by atoms with Gasteiger partial charge in [-0.3, -0.25) is 0 Å². The Morgan fingerprint density at radius 2 is 2.05 bits per heavy atom. The number of nitrogens with zero attached hydrogens (tertiary/aromatic N) is 1. The van der Waals surface area contributed by atoms with Crippen molar-refractivity contribution >= 4 is 22.8 Å². The number of para-hydroxylation sites is 2. The van der Waals surface area contributed by atoms with Gasteiger partial charge in [-0.25, -0.2) is 4.98 Å². The number of aromatic amines is 1. The second-order valence-corrected chi connectivity index (χ2v) is 5.21. The highest BCUT2D eigenvalue weighted by atomic mass is 32.2. The smallest absolute Gasteiger partial charge is 0.166 e. The quantitative estimate of drug-likeness (QED) is 0.701. The Hall–Kier alpha value is -1.72. The third-order valence-corrected chi connectivity index (χ3v) is 3.68. The van der Waals surface area contributed by atoms with Gasteiger partial charge in [-0.15, -0.1) is 0 Å². The number of nitrogens with one attached hydrogen (secondary N) is 2. The number of rotatable bonds is 5. The summed E-state index contributed by atoms with van der Waals surface area (Å²) in [6.07, 6.45) is 0. The average Bonchev–Trinajstić information content (AvgIpc) is 3.02. The lowest BCUT2D eigenvalue weighted by Crippen LogP contribution is -2.03. The lowest BCUT2D eigenvalue weighted by molar-refractivity contribution is 0.469. The third kappa shape index (κ3) is 2.83. The molecule has 0 atom stereocenters. The van der Waals surface area contributed by atoms with Gasteiger partial charge >= 0.3 is 0 Å². The summed E-state index contributed by atoms with van der Waals surface area (Å²) in [4.78, 5) is 7.82. The molecule has 0 saturated carbocycles. The minimum absolute atomic E-state index is 0.759. The molecule has 19 heavy (non-hydrogen) atoms. The molecule has 0 saturated heterocycles. The summed E-state index contributed by atoms with van der Waals surface area (Å²) in [7, 11) is 1.91. The van der Waals surface area contributed by atoms with Gasteiger partial charge in [-0.2, -0.15) is 0 Å². The summed E-state index contributed by atoms with van der Waals surface area (Å²) >= 11 is 1.65. The highest BCUT2D eigenvalue weighted by molar-refractivity contribution is 7.98. The Balaban J connectivity index is 1.67. The van der Waals surface area contributed by atoms with Gasteiger partial charge < -0.3 is 14.7 Å². The molecule has 0 amide bonds. The third-order valence-electron chi connectivity index (χ3n) is 2.79. The minimum atomic E-state index is 0.759. The molecular weight excluding hydrogens is 258 g/mol. The van der Waals surface area contributed by atoms with E-state index < -0.39 is 0 Å². The summed E-state index contributed by atoms with van der Waals surface area (Å²) in [6.45, 7) is 0.759. The molecule has 0 aliphatic rings. The van der Waals surface area contributed by atoms with Crippen LogP contribution in [0.4, 0.5) is 0 Å². The SMILES string of the molecule is CNCc1ccc(CSc2nc3ccccc3[nH]2)o1. The van der Waals surface area contributed by atoms with E-state index in [1.807, 2.05) is 43.4 Å². The zero-order valence-corrected chi connectivity index (χ0v) is 11.5. The largest absolute Gasteiger partial charge is 0.464 e. The predicted molar refractivity (Wildman–Crippen MR) is 77.1 cm³/mol. The molecule has 2 N–H and O–H groups in total. The van der Waals surface area contributed by atoms with Gasteiger partial charge in [0.2, 0.25) is 0 Å². The van der Waals surface area contributed by atoms with Crippen LogP contribution < -0.4 is 5.32 Å². The van der Waals surface area contributed by atoms with Crippen molar-refractivity contribution in [1.29, 1.82) is 0 Å². The first-order chi connectivity index (χ1) is 9.35. The highest BCUT2D eigenvalue weighted by Gasteiger charge is 2.06. The number of hydrogen-bond acceptors (Lipinski definition) is 4. The van der Waals surface area contributed by atoms with Gasteiger partial charge in [0, 0.05) is 0 Å². The molecule has 0 radical (unpaired) electrons. The van der Waals surface area contributed by atoms with Crippen LogP contribution >= 0.6 is 11.8 Å². The zero-order chi connectivity index (χ0) is 13.1. The Labute approximate surface area is 115 Å². The number of benzene rings is 1. The monoisotopic (exact) mass is 273 g/mol. The van der Waals surface area contributed by atoms with Gasteiger partial charge in [0.05, 0.1) is 23.3 Å². The Morgan fingerprint density at radius 3 is 2.89 bits per heavy atom. The fourth-order valence-electron chi connectivity index (χ4n) is 1.91. The van der Waals surface area contributed by atoms with Crippen LogP contribution in [0.3, 0.4) is 0 Å². The Kier molecular flexibility index (Phi) is 3.57. The predicted octanol–water partition coefficient (Wildman–Crippen LogP) is 3.17. The number of aromatic nitrogens is 2. The normalized spacial score (nSPS) is 11.2. The summed E-state index contributed by atoms with van der Waals surface area (Å²) in [5.41, 5.74) is 2.07. The molecule has 0 aliphatic heterocycles. The molecule has 0 bridgehead atoms. The Morgan fingerprint density at radius 1 is 1.21 bits per heavy atom. The molecular formula is C14H15N3OS. The van der Waals surface area contributed by atoms with Crippen LogP contribution in [0.5, 0.6) is 0 Å². The van der Waals surface area contributed by atoms with E-state index in [2.05, 4.69) is 15.3 Å². The van der Waals surface area contributed by atoms with Crippen LogP contribution in [0.15, 0.2) is 46.0 Å². The van der Waals surface area contributed by atoms with E-state index >= 15 is 0 Å². The number of hydrogen-bond donors (Lipinski definition) is 2. The molecule has 0 fully saturated rings. The van der Waals surface area contributed by atoms with Crippen LogP contribution in [0.25, 0.3) is 11.0 Å². The summed E-state index contributed by atoms with van der Waals surface area (Å²) in [5.74, 6) is 2.71. The number of H-pyrrole nitrogens is 1. The minimum Gasteiger partial charge on any atom is -0.464 e. The maximum absolute atomic E-state index is 5.69. The van der Waals surface area contributed by atoms with E-state index in [9.17, 15) is 0 Å². The molecule has 5 heteroatoms. The van der Waals surface area contributed by atoms with Crippen LogP contribution in [-0.4, -0.2) is 17.0 Å². The van der Waals surface area contributed by atoms with Gasteiger partial charge in [-0.05, 0) is 31.3 Å². The molecule has 0 unspecified atom stereocenters. The first-order valence-electron chi connectivity index (χ1n) is 6.15. The molecule has 98 valence electrons. The summed E-state index contributed by atoms with van der Waals surface area (Å²) in [6, 6.07) is 12.1. The van der Waals surface area contributed by atoms with E-state index in [1.165, 1.54) is 0 Å². The zero-order valence-electron chi connectivity index (χ0n) is 10.6. The van der Waals surface area contributed by atoms with Crippen molar-refractivity contribution in [2.45, 2.75) is 17.5 Å². The standard InChI is InChI=1S/C14H15N3OS/c1-15-8-10-6-7-11(18-10)9-19-14-16-12-4-2-3-5-13(12)17-14/h2-7,15H,8-9H2,1H3,(H,16,17). The fraction of sp³-hybridized carbons (Fsp3) is 0.214. The molecule has 0 spiro atoms. The lowest BCUT2D eigenvalue weighted by Gasteiger charge is -1.95. The van der Waals surface area contributed by atoms with Gasteiger partial charge in [-0.1, -0.05) is 23.9 Å². The molecule has 1 aromatic carbocycles. The van der Waals surface area contributed by atoms with E-state index in [4.69, 9.17) is 4.42 Å². The maximum Gasteiger partial charge on any atom is 0.166 e. The van der Waals surface area contributed by atoms with Crippen molar-refractivity contribution in [3.05, 3.63) is 47.9 Å². The van der Waals surface area contributed by atoms with Crippen LogP contribution in [0.2, 0.25) is 0 Å². The average molecular weight is 273 g/mol. The van der Waals surface area contributed by atoms with E-state index in [-0.39, 0.29) is 0 Å². The van der Waals surface area contributed by atoms with Gasteiger partial charge in [0.15, 0.2) is 5.16 Å².